The molecule has 3 atom stereocenters. The van der Waals surface area contributed by atoms with E-state index in [9.17, 15) is 22.5 Å². The highest BCUT2D eigenvalue weighted by molar-refractivity contribution is 7.59. The summed E-state index contributed by atoms with van der Waals surface area (Å²) >= 11 is 0. The second kappa shape index (κ2) is 13.1. The van der Waals surface area contributed by atoms with Gasteiger partial charge in [0.15, 0.2) is 11.5 Å². The Hall–Kier alpha value is -3.26. The maximum atomic E-state index is 14.3. The van der Waals surface area contributed by atoms with E-state index in [1.54, 1.807) is 18.4 Å². The molecule has 3 aromatic rings. The van der Waals surface area contributed by atoms with Crippen molar-refractivity contribution in [3.63, 3.8) is 0 Å². The highest BCUT2D eigenvalue weighted by atomic mass is 31.2. The fourth-order valence-corrected chi connectivity index (χ4v) is 6.31. The van der Waals surface area contributed by atoms with Crippen LogP contribution in [-0.2, 0) is 25.4 Å². The Morgan fingerprint density at radius 2 is 1.95 bits per heavy atom. The van der Waals surface area contributed by atoms with Gasteiger partial charge in [-0.05, 0) is 44.9 Å². The second-order valence-electron chi connectivity index (χ2n) is 9.93. The fraction of sp³-hybridized carbons (Fsp3) is 0.520. The number of imidazole rings is 1. The van der Waals surface area contributed by atoms with E-state index in [-0.39, 0.29) is 30.3 Å². The number of rotatable bonds is 14. The molecule has 41 heavy (non-hydrogen) atoms. The van der Waals surface area contributed by atoms with Crippen molar-refractivity contribution in [1.82, 2.24) is 29.7 Å². The molecule has 12 nitrogen and oxygen atoms in total. The number of nitrogens with zero attached hydrogens (tertiary/aromatic N) is 4. The van der Waals surface area contributed by atoms with Crippen molar-refractivity contribution in [3.05, 3.63) is 42.5 Å². The van der Waals surface area contributed by atoms with E-state index in [1.165, 1.54) is 57.9 Å². The van der Waals surface area contributed by atoms with Crippen LogP contribution in [0.15, 0.2) is 36.9 Å². The number of methoxy groups -OCH3 is 1. The van der Waals surface area contributed by atoms with Gasteiger partial charge in [-0.2, -0.15) is 13.2 Å². The van der Waals surface area contributed by atoms with E-state index in [2.05, 4.69) is 25.1 Å². The summed E-state index contributed by atoms with van der Waals surface area (Å²) in [7, 11) is -3.00. The highest BCUT2D eigenvalue weighted by Gasteiger charge is 2.47. The Morgan fingerprint density at radius 1 is 1.22 bits per heavy atom. The normalized spacial score (nSPS) is 15.3. The summed E-state index contributed by atoms with van der Waals surface area (Å²) in [6.07, 6.45) is -2.95. The van der Waals surface area contributed by atoms with Crippen LogP contribution in [0.5, 0.6) is 5.75 Å². The molecule has 0 radical (unpaired) electrons. The molecular formula is C25H35F3N7O5P. The molecule has 0 bridgehead atoms. The van der Waals surface area contributed by atoms with Gasteiger partial charge in [0.1, 0.15) is 35.5 Å². The number of halogens is 3. The van der Waals surface area contributed by atoms with Gasteiger partial charge in [-0.25, -0.2) is 25.1 Å². The predicted molar refractivity (Wildman–Crippen MR) is 146 cm³/mol. The lowest BCUT2D eigenvalue weighted by Gasteiger charge is -2.34. The Balaban J connectivity index is 1.89. The molecule has 0 spiro atoms. The number of nitrogen functional groups attached to an aromatic ring is 1. The lowest BCUT2D eigenvalue weighted by atomic mass is 10.1. The Labute approximate surface area is 235 Å². The number of esters is 1. The van der Waals surface area contributed by atoms with Crippen LogP contribution in [0.2, 0.25) is 0 Å². The molecule has 0 saturated heterocycles. The highest BCUT2D eigenvalue weighted by Crippen LogP contribution is 2.47. The van der Waals surface area contributed by atoms with Crippen LogP contribution in [0.25, 0.3) is 11.2 Å². The van der Waals surface area contributed by atoms with E-state index >= 15 is 0 Å². The van der Waals surface area contributed by atoms with Crippen molar-refractivity contribution in [1.29, 1.82) is 0 Å². The van der Waals surface area contributed by atoms with Crippen LogP contribution in [0.4, 0.5) is 19.0 Å². The number of nitrogens with two attached hydrogens (primary N) is 1. The molecule has 3 rings (SSSR count). The van der Waals surface area contributed by atoms with Gasteiger partial charge < -0.3 is 24.5 Å². The first-order valence-electron chi connectivity index (χ1n) is 12.8. The first-order valence-corrected chi connectivity index (χ1v) is 14.7. The summed E-state index contributed by atoms with van der Waals surface area (Å²) in [4.78, 5) is 24.9. The zero-order valence-electron chi connectivity index (χ0n) is 23.4. The van der Waals surface area contributed by atoms with Crippen LogP contribution in [0, 0.1) is 0 Å². The van der Waals surface area contributed by atoms with E-state index in [0.717, 1.165) is 0 Å². The van der Waals surface area contributed by atoms with Crippen LogP contribution < -0.4 is 20.6 Å². The summed E-state index contributed by atoms with van der Waals surface area (Å²) in [5.41, 5.74) is 4.79. The molecule has 3 unspecified atom stereocenters. The number of alkyl halides is 3. The van der Waals surface area contributed by atoms with E-state index in [4.69, 9.17) is 19.9 Å². The molecule has 1 aromatic carbocycles. The number of hydrogen-bond acceptors (Lipinski definition) is 9. The third-order valence-corrected chi connectivity index (χ3v) is 8.03. The number of aromatic nitrogens is 4. The number of fused-ring (bicyclic) bond motifs is 1. The van der Waals surface area contributed by atoms with Crippen LogP contribution >= 0.6 is 7.44 Å². The maximum absolute atomic E-state index is 14.3. The standard InChI is InChI=1S/C25H35F3N7O5P/c1-6-10-39-23(36)24(3,4)34-41(37,33-20(25(26,27)28)17-8-7-9-18(11-17)38-5)15-40-16(2)12-35-14-32-19-21(29)30-13-31-22(19)35/h7-9,11,13-14,16,20H,6,10,12,15H2,1-5H3,(H2,29,30,31)(H2,33,34,37). The zero-order valence-corrected chi connectivity index (χ0v) is 24.3. The van der Waals surface area contributed by atoms with Crippen LogP contribution in [0.1, 0.15) is 45.7 Å². The van der Waals surface area contributed by atoms with E-state index < -0.39 is 43.6 Å². The van der Waals surface area contributed by atoms with Crippen LogP contribution in [0.3, 0.4) is 0 Å². The van der Waals surface area contributed by atoms with Crippen molar-refractivity contribution >= 4 is 30.4 Å². The smallest absolute Gasteiger partial charge is 0.408 e. The van der Waals surface area contributed by atoms with Gasteiger partial charge in [0.05, 0.1) is 32.7 Å². The van der Waals surface area contributed by atoms with Gasteiger partial charge in [-0.3, -0.25) is 9.36 Å². The SMILES string of the molecule is CCCOC(=O)C(C)(C)NP(=O)(COC(C)Cn1cnc2c(N)ncnc21)NC(c1cccc(OC)c1)C(F)(F)F. The van der Waals surface area contributed by atoms with Gasteiger partial charge in [-0.1, -0.05) is 19.1 Å². The van der Waals surface area contributed by atoms with Crippen molar-refractivity contribution in [2.75, 3.05) is 25.8 Å². The van der Waals surface area contributed by atoms with E-state index in [1.807, 2.05) is 0 Å². The first kappa shape index (κ1) is 32.3. The zero-order chi connectivity index (χ0) is 30.4. The summed E-state index contributed by atoms with van der Waals surface area (Å²) in [6.45, 7) is 6.44. The van der Waals surface area contributed by atoms with Crippen molar-refractivity contribution in [3.8, 4) is 5.75 Å². The molecule has 2 aromatic heterocycles. The lowest BCUT2D eigenvalue weighted by Crippen LogP contribution is -2.50. The van der Waals surface area contributed by atoms with Gasteiger partial charge in [0.2, 0.25) is 7.44 Å². The molecule has 4 N–H and O–H groups in total. The molecule has 226 valence electrons. The summed E-state index contributed by atoms with van der Waals surface area (Å²) < 4.78 is 74.9. The minimum Gasteiger partial charge on any atom is -0.497 e. The molecule has 0 amide bonds. The Morgan fingerprint density at radius 3 is 2.61 bits per heavy atom. The van der Waals surface area contributed by atoms with Crippen molar-refractivity contribution in [2.24, 2.45) is 0 Å². The number of ether oxygens (including phenoxy) is 3. The van der Waals surface area contributed by atoms with Crippen LogP contribution in [-0.4, -0.2) is 63.4 Å². The second-order valence-corrected chi connectivity index (χ2v) is 12.1. The quantitative estimate of drug-likeness (QED) is 0.180. The maximum Gasteiger partial charge on any atom is 0.408 e. The number of carbonyl (C=O) groups is 1. The van der Waals surface area contributed by atoms with Gasteiger partial charge in [0.25, 0.3) is 0 Å². The summed E-state index contributed by atoms with van der Waals surface area (Å²) in [5.74, 6) is -0.402. The number of carbonyl (C=O) groups excluding carboxylic acids is 1. The van der Waals surface area contributed by atoms with E-state index in [0.29, 0.717) is 17.6 Å². The molecule has 0 aliphatic heterocycles. The first-order chi connectivity index (χ1) is 19.2. The van der Waals surface area contributed by atoms with Gasteiger partial charge >= 0.3 is 12.1 Å². The summed E-state index contributed by atoms with van der Waals surface area (Å²) in [5, 5.41) is 4.82. The van der Waals surface area contributed by atoms with Crippen molar-refractivity contribution < 1.29 is 36.7 Å². The molecule has 0 fully saturated rings. The molecular weight excluding hydrogens is 566 g/mol. The monoisotopic (exact) mass is 601 g/mol. The third kappa shape index (κ3) is 8.38. The van der Waals surface area contributed by atoms with Gasteiger partial charge in [-0.15, -0.1) is 0 Å². The number of benzene rings is 1. The largest absolute Gasteiger partial charge is 0.497 e. The Bertz CT molecular complexity index is 1390. The lowest BCUT2D eigenvalue weighted by molar-refractivity contribution is -0.153. The molecule has 16 heteroatoms. The fourth-order valence-electron chi connectivity index (χ4n) is 3.93. The summed E-state index contributed by atoms with van der Waals surface area (Å²) in [6, 6.07) is 2.93. The topological polar surface area (TPSA) is 156 Å². The molecule has 0 aliphatic carbocycles. The molecule has 2 heterocycles. The van der Waals surface area contributed by atoms with Crippen molar-refractivity contribution in [2.45, 2.75) is 64.5 Å². The number of hydrogen-bond donors (Lipinski definition) is 3. The third-order valence-electron chi connectivity index (χ3n) is 5.92. The number of anilines is 1. The van der Waals surface area contributed by atoms with Gasteiger partial charge in [0, 0.05) is 0 Å². The average molecular weight is 602 g/mol. The molecule has 0 aliphatic rings. The minimum atomic E-state index is -4.86. The average Bonchev–Trinajstić information content (AvgIpc) is 3.32. The predicted octanol–water partition coefficient (Wildman–Crippen LogP) is 4.19. The Kier molecular flexibility index (Phi) is 10.3. The minimum absolute atomic E-state index is 0.0944. The number of nitrogens with one attached hydrogen (secondary N) is 2. The molecule has 0 saturated carbocycles.